The number of nitrogens with zero attached hydrogens (tertiary/aromatic N) is 1. The Morgan fingerprint density at radius 2 is 2.09 bits per heavy atom. The van der Waals surface area contributed by atoms with Crippen LogP contribution in [0.5, 0.6) is 11.5 Å². The van der Waals surface area contributed by atoms with Crippen molar-refractivity contribution >= 4 is 11.9 Å². The molecule has 3 fully saturated rings. The van der Waals surface area contributed by atoms with E-state index in [1.54, 1.807) is 6.07 Å². The SMILES string of the molecule is COC(=O)/C=C/C(=O)N[C@@H]1CC[C@]2(O)[C@H]3Cc4ccc(O)c5c4[C@]2(CCN3CC2CC2)[C@H]1O5. The Hall–Kier alpha value is -2.58. The summed E-state index contributed by atoms with van der Waals surface area (Å²) in [5.41, 5.74) is 0.390. The fourth-order valence-corrected chi connectivity index (χ4v) is 7.07. The van der Waals surface area contributed by atoms with Crippen LogP contribution in [0.25, 0.3) is 0 Å². The highest BCUT2D eigenvalue weighted by Gasteiger charge is 2.73. The van der Waals surface area contributed by atoms with Gasteiger partial charge >= 0.3 is 5.97 Å². The molecule has 8 nitrogen and oxygen atoms in total. The van der Waals surface area contributed by atoms with E-state index in [-0.39, 0.29) is 17.8 Å². The minimum Gasteiger partial charge on any atom is -0.504 e. The van der Waals surface area contributed by atoms with Crippen LogP contribution in [0.1, 0.15) is 43.2 Å². The van der Waals surface area contributed by atoms with Crippen molar-refractivity contribution in [3.8, 4) is 11.5 Å². The first kappa shape index (κ1) is 21.0. The van der Waals surface area contributed by atoms with Gasteiger partial charge in [-0.15, -0.1) is 0 Å². The molecule has 5 aliphatic rings. The molecule has 0 aromatic heterocycles. The van der Waals surface area contributed by atoms with Gasteiger partial charge in [0.1, 0.15) is 6.10 Å². The third-order valence-corrected chi connectivity index (χ3v) is 8.66. The number of methoxy groups -OCH3 is 1. The Kier molecular flexibility index (Phi) is 4.58. The summed E-state index contributed by atoms with van der Waals surface area (Å²) in [6.07, 6.45) is 6.84. The van der Waals surface area contributed by atoms with E-state index in [1.807, 2.05) is 6.07 Å². The van der Waals surface area contributed by atoms with E-state index in [0.29, 0.717) is 25.0 Å². The molecule has 2 saturated carbocycles. The minimum atomic E-state index is -0.986. The molecule has 8 heteroatoms. The lowest BCUT2D eigenvalue weighted by Gasteiger charge is -2.64. The molecular formula is C25H30N2O6. The van der Waals surface area contributed by atoms with Gasteiger partial charge < -0.3 is 25.0 Å². The van der Waals surface area contributed by atoms with Crippen LogP contribution in [0.15, 0.2) is 24.3 Å². The number of aromatic hydroxyl groups is 1. The third kappa shape index (κ3) is 2.89. The summed E-state index contributed by atoms with van der Waals surface area (Å²) in [6.45, 7) is 1.88. The van der Waals surface area contributed by atoms with Crippen LogP contribution in [0, 0.1) is 5.92 Å². The van der Waals surface area contributed by atoms with E-state index in [0.717, 1.165) is 48.7 Å². The quantitative estimate of drug-likeness (QED) is 0.453. The molecular weight excluding hydrogens is 424 g/mol. The van der Waals surface area contributed by atoms with Crippen molar-refractivity contribution in [2.24, 2.45) is 5.92 Å². The van der Waals surface area contributed by atoms with Crippen LogP contribution in [0.4, 0.5) is 0 Å². The molecule has 1 saturated heterocycles. The highest BCUT2D eigenvalue weighted by atomic mass is 16.5. The summed E-state index contributed by atoms with van der Waals surface area (Å²) in [6, 6.07) is 3.29. The van der Waals surface area contributed by atoms with Crippen molar-refractivity contribution < 1.29 is 29.3 Å². The molecule has 1 amide bonds. The molecule has 3 N–H and O–H groups in total. The molecule has 6 rings (SSSR count). The average molecular weight is 455 g/mol. The molecule has 1 spiro atoms. The van der Waals surface area contributed by atoms with Gasteiger partial charge in [0.2, 0.25) is 5.91 Å². The van der Waals surface area contributed by atoms with Gasteiger partial charge in [-0.05, 0) is 62.6 Å². The van der Waals surface area contributed by atoms with Crippen LogP contribution in [-0.4, -0.2) is 71.0 Å². The number of benzene rings is 1. The molecule has 2 aliphatic heterocycles. The number of carbonyl (C=O) groups excluding carboxylic acids is 2. The van der Waals surface area contributed by atoms with Crippen molar-refractivity contribution in [1.29, 1.82) is 0 Å². The second kappa shape index (κ2) is 7.21. The van der Waals surface area contributed by atoms with Crippen molar-refractivity contribution in [3.63, 3.8) is 0 Å². The van der Waals surface area contributed by atoms with Crippen LogP contribution < -0.4 is 10.1 Å². The standard InChI is InChI=1S/C25H30N2O6/c1-32-20(30)7-6-19(29)26-16-8-9-25(31)18-12-15-4-5-17(28)22-21(15)24(25,23(16)33-22)10-11-27(18)13-14-2-3-14/h4-7,14,16,18,23,28,31H,2-3,8-13H2,1H3,(H,26,29)/b7-6+/t16-,18-,23+,24-,25+/m1/s1. The predicted molar refractivity (Wildman–Crippen MR) is 118 cm³/mol. The van der Waals surface area contributed by atoms with Gasteiger partial charge in [-0.1, -0.05) is 6.07 Å². The Bertz CT molecular complexity index is 1050. The summed E-state index contributed by atoms with van der Waals surface area (Å²) >= 11 is 0. The Morgan fingerprint density at radius 1 is 1.27 bits per heavy atom. The number of hydrogen-bond donors (Lipinski definition) is 3. The normalized spacial score (nSPS) is 36.2. The number of ether oxygens (including phenoxy) is 2. The van der Waals surface area contributed by atoms with E-state index < -0.39 is 29.0 Å². The number of phenols is 1. The highest BCUT2D eigenvalue weighted by Crippen LogP contribution is 2.65. The summed E-state index contributed by atoms with van der Waals surface area (Å²) in [5, 5.41) is 26.0. The molecule has 1 aromatic rings. The Balaban J connectivity index is 1.38. The van der Waals surface area contributed by atoms with Crippen LogP contribution in [0.3, 0.4) is 0 Å². The second-order valence-corrected chi connectivity index (χ2v) is 10.3. The van der Waals surface area contributed by atoms with Gasteiger partial charge in [-0.25, -0.2) is 4.79 Å². The minimum absolute atomic E-state index is 0.00295. The predicted octanol–water partition coefficient (Wildman–Crippen LogP) is 1.17. The number of rotatable bonds is 5. The number of nitrogens with one attached hydrogen (secondary N) is 1. The molecule has 5 atom stereocenters. The molecule has 2 heterocycles. The molecule has 0 unspecified atom stereocenters. The van der Waals surface area contributed by atoms with Crippen molar-refractivity contribution in [2.75, 3.05) is 20.2 Å². The lowest BCUT2D eigenvalue weighted by molar-refractivity contribution is -0.192. The zero-order valence-electron chi connectivity index (χ0n) is 18.8. The summed E-state index contributed by atoms with van der Waals surface area (Å²) in [4.78, 5) is 26.4. The molecule has 0 radical (unpaired) electrons. The maximum atomic E-state index is 12.6. The van der Waals surface area contributed by atoms with E-state index in [2.05, 4.69) is 15.0 Å². The smallest absolute Gasteiger partial charge is 0.330 e. The molecule has 2 bridgehead atoms. The zero-order chi connectivity index (χ0) is 23.0. The van der Waals surface area contributed by atoms with Crippen LogP contribution in [-0.2, 0) is 26.2 Å². The van der Waals surface area contributed by atoms with Crippen LogP contribution >= 0.6 is 0 Å². The molecule has 33 heavy (non-hydrogen) atoms. The summed E-state index contributed by atoms with van der Waals surface area (Å²) < 4.78 is 11.0. The van der Waals surface area contributed by atoms with Crippen LogP contribution in [0.2, 0.25) is 0 Å². The summed E-state index contributed by atoms with van der Waals surface area (Å²) in [7, 11) is 1.26. The number of esters is 1. The number of likely N-dealkylation sites (tertiary alicyclic amines) is 1. The van der Waals surface area contributed by atoms with Gasteiger partial charge in [0.25, 0.3) is 0 Å². The highest BCUT2D eigenvalue weighted by molar-refractivity contribution is 5.94. The lowest BCUT2D eigenvalue weighted by atomic mass is 9.48. The second-order valence-electron chi connectivity index (χ2n) is 10.3. The maximum Gasteiger partial charge on any atom is 0.330 e. The summed E-state index contributed by atoms with van der Waals surface area (Å²) in [5.74, 6) is 0.256. The number of carbonyl (C=O) groups is 2. The van der Waals surface area contributed by atoms with Gasteiger partial charge in [0.15, 0.2) is 11.5 Å². The zero-order valence-corrected chi connectivity index (χ0v) is 18.8. The number of amides is 1. The van der Waals surface area contributed by atoms with E-state index >= 15 is 0 Å². The van der Waals surface area contributed by atoms with Crippen molar-refractivity contribution in [2.45, 2.75) is 67.7 Å². The Morgan fingerprint density at radius 3 is 2.85 bits per heavy atom. The van der Waals surface area contributed by atoms with Gasteiger partial charge in [-0.2, -0.15) is 0 Å². The number of hydrogen-bond acceptors (Lipinski definition) is 7. The fraction of sp³-hybridized carbons (Fsp3) is 0.600. The first-order chi connectivity index (χ1) is 15.9. The van der Waals surface area contributed by atoms with Gasteiger partial charge in [0.05, 0.1) is 24.2 Å². The third-order valence-electron chi connectivity index (χ3n) is 8.66. The van der Waals surface area contributed by atoms with E-state index in [9.17, 15) is 19.8 Å². The molecule has 3 aliphatic carbocycles. The van der Waals surface area contributed by atoms with Crippen molar-refractivity contribution in [1.82, 2.24) is 10.2 Å². The van der Waals surface area contributed by atoms with E-state index in [1.165, 1.54) is 20.0 Å². The largest absolute Gasteiger partial charge is 0.504 e. The lowest BCUT2D eigenvalue weighted by Crippen LogP contribution is -2.78. The number of aliphatic hydroxyl groups is 1. The number of piperidine rings is 1. The maximum absolute atomic E-state index is 12.6. The topological polar surface area (TPSA) is 108 Å². The first-order valence-corrected chi connectivity index (χ1v) is 11.9. The van der Waals surface area contributed by atoms with Gasteiger partial charge in [0, 0.05) is 30.3 Å². The van der Waals surface area contributed by atoms with Gasteiger partial charge in [-0.3, -0.25) is 9.69 Å². The Labute approximate surface area is 192 Å². The van der Waals surface area contributed by atoms with Crippen molar-refractivity contribution in [3.05, 3.63) is 35.4 Å². The molecule has 1 aromatic carbocycles. The van der Waals surface area contributed by atoms with E-state index in [4.69, 9.17) is 4.74 Å². The first-order valence-electron chi connectivity index (χ1n) is 11.9. The fourth-order valence-electron chi connectivity index (χ4n) is 7.07. The monoisotopic (exact) mass is 454 g/mol. The molecule has 176 valence electrons. The average Bonchev–Trinajstić information content (AvgIpc) is 3.54. The number of phenolic OH excluding ortho intramolecular Hbond substituents is 1.